The number of fused-ring (bicyclic) bond motifs is 1. The van der Waals surface area contributed by atoms with Crippen molar-refractivity contribution in [2.24, 2.45) is 0 Å². The Morgan fingerprint density at radius 3 is 2.88 bits per heavy atom. The van der Waals surface area contributed by atoms with Crippen LogP contribution >= 0.6 is 15.9 Å². The molecule has 2 aliphatic heterocycles. The second-order valence-electron chi connectivity index (χ2n) is 6.07. The van der Waals surface area contributed by atoms with Crippen LogP contribution in [0, 0.1) is 0 Å². The molecule has 1 fully saturated rings. The van der Waals surface area contributed by atoms with Gasteiger partial charge in [0.15, 0.2) is 5.94 Å². The maximum atomic E-state index is 12.2. The largest absolute Gasteiger partial charge is 0.493 e. The van der Waals surface area contributed by atoms with E-state index in [1.165, 1.54) is 0 Å². The van der Waals surface area contributed by atoms with Crippen LogP contribution in [0.3, 0.4) is 0 Å². The standard InChI is InChI=1S/C18H19BrN2O4/c19-8-1-2-9-25-16-5-3-4-12-13(16)10-21(15(12)11-22)14-6-7-17(23)20-18(14)24/h3-5,14H,1-2,6-10H2,(H,20,23,24). The average molecular weight is 407 g/mol. The number of hydrogen-bond acceptors (Lipinski definition) is 5. The molecule has 0 radical (unpaired) electrons. The summed E-state index contributed by atoms with van der Waals surface area (Å²) in [5, 5.41) is 3.28. The maximum Gasteiger partial charge on any atom is 0.249 e. The van der Waals surface area contributed by atoms with Gasteiger partial charge in [-0.3, -0.25) is 14.9 Å². The first kappa shape index (κ1) is 17.7. The van der Waals surface area contributed by atoms with Crippen molar-refractivity contribution in [3.8, 4) is 5.75 Å². The summed E-state index contributed by atoms with van der Waals surface area (Å²) in [4.78, 5) is 36.8. The van der Waals surface area contributed by atoms with E-state index in [4.69, 9.17) is 4.74 Å². The van der Waals surface area contributed by atoms with E-state index < -0.39 is 6.04 Å². The molecule has 1 atom stereocenters. The zero-order valence-electron chi connectivity index (χ0n) is 13.7. The molecule has 0 spiro atoms. The number of imide groups is 1. The number of piperidine rings is 1. The zero-order valence-corrected chi connectivity index (χ0v) is 15.3. The van der Waals surface area contributed by atoms with Crippen LogP contribution in [0.15, 0.2) is 18.2 Å². The summed E-state index contributed by atoms with van der Waals surface area (Å²) < 4.78 is 5.88. The molecule has 7 heteroatoms. The van der Waals surface area contributed by atoms with Crippen molar-refractivity contribution in [1.82, 2.24) is 10.2 Å². The number of alkyl halides is 1. The number of carbonyl (C=O) groups is 2. The molecule has 0 bridgehead atoms. The summed E-state index contributed by atoms with van der Waals surface area (Å²) in [7, 11) is 0. The monoisotopic (exact) mass is 406 g/mol. The van der Waals surface area contributed by atoms with Crippen molar-refractivity contribution >= 4 is 39.4 Å². The Kier molecular flexibility index (Phi) is 5.56. The van der Waals surface area contributed by atoms with Gasteiger partial charge >= 0.3 is 0 Å². The second kappa shape index (κ2) is 7.85. The number of benzene rings is 1. The van der Waals surface area contributed by atoms with E-state index >= 15 is 0 Å². The van der Waals surface area contributed by atoms with Crippen LogP contribution in [0.5, 0.6) is 5.75 Å². The lowest BCUT2D eigenvalue weighted by molar-refractivity contribution is -0.136. The Bertz CT molecular complexity index is 743. The number of hydrogen-bond donors (Lipinski definition) is 1. The highest BCUT2D eigenvalue weighted by Crippen LogP contribution is 2.39. The van der Waals surface area contributed by atoms with Gasteiger partial charge in [0.05, 0.1) is 6.61 Å². The number of nitrogens with one attached hydrogen (secondary N) is 1. The Hall–Kier alpha value is -2.11. The molecular weight excluding hydrogens is 388 g/mol. The molecule has 0 saturated carbocycles. The van der Waals surface area contributed by atoms with Crippen molar-refractivity contribution < 1.29 is 19.1 Å². The van der Waals surface area contributed by atoms with Crippen LogP contribution in [0.1, 0.15) is 36.8 Å². The molecule has 6 nitrogen and oxygen atoms in total. The summed E-state index contributed by atoms with van der Waals surface area (Å²) in [5.74, 6) is 2.06. The fraction of sp³-hybridized carbons (Fsp3) is 0.444. The molecule has 132 valence electrons. The van der Waals surface area contributed by atoms with Crippen molar-refractivity contribution in [3.63, 3.8) is 0 Å². The van der Waals surface area contributed by atoms with E-state index in [1.807, 2.05) is 24.1 Å². The van der Waals surface area contributed by atoms with E-state index in [0.29, 0.717) is 25.3 Å². The highest BCUT2D eigenvalue weighted by Gasteiger charge is 2.38. The number of amides is 2. The van der Waals surface area contributed by atoms with Gasteiger partial charge in [0, 0.05) is 29.4 Å². The first-order valence-electron chi connectivity index (χ1n) is 8.32. The Morgan fingerprint density at radius 2 is 2.16 bits per heavy atom. The summed E-state index contributed by atoms with van der Waals surface area (Å²) in [5.41, 5.74) is 2.00. The highest BCUT2D eigenvalue weighted by atomic mass is 79.9. The first-order valence-corrected chi connectivity index (χ1v) is 9.44. The lowest BCUT2D eigenvalue weighted by Crippen LogP contribution is -2.50. The van der Waals surface area contributed by atoms with Gasteiger partial charge in [-0.15, -0.1) is 0 Å². The summed E-state index contributed by atoms with van der Waals surface area (Å²) in [6.45, 7) is 1.00. The number of rotatable bonds is 6. The molecular formula is C18H19BrN2O4. The normalized spacial score (nSPS) is 19.5. The van der Waals surface area contributed by atoms with E-state index in [9.17, 15) is 14.4 Å². The van der Waals surface area contributed by atoms with E-state index in [2.05, 4.69) is 21.2 Å². The molecule has 2 aliphatic rings. The Morgan fingerprint density at radius 1 is 1.32 bits per heavy atom. The Labute approximate surface area is 154 Å². The SMILES string of the molecule is O=C=C1c2cccc(OCCCCBr)c2CN1C1CCC(=O)NC1=O. The first-order chi connectivity index (χ1) is 12.2. The van der Waals surface area contributed by atoms with Gasteiger partial charge in [0.1, 0.15) is 17.5 Å². The van der Waals surface area contributed by atoms with Gasteiger partial charge in [-0.1, -0.05) is 28.1 Å². The molecule has 1 aromatic carbocycles. The zero-order chi connectivity index (χ0) is 17.8. The van der Waals surface area contributed by atoms with Crippen molar-refractivity contribution in [2.75, 3.05) is 11.9 Å². The molecule has 3 rings (SSSR count). The second-order valence-corrected chi connectivity index (χ2v) is 6.87. The molecule has 25 heavy (non-hydrogen) atoms. The molecule has 0 aromatic heterocycles. The van der Waals surface area contributed by atoms with Crippen LogP contribution < -0.4 is 10.1 Å². The summed E-state index contributed by atoms with van der Waals surface area (Å²) in [6, 6.07) is 5.02. The minimum Gasteiger partial charge on any atom is -0.493 e. The molecule has 2 heterocycles. The van der Waals surface area contributed by atoms with Gasteiger partial charge in [-0.25, -0.2) is 4.79 Å². The number of halogens is 1. The average Bonchev–Trinajstić information content (AvgIpc) is 2.97. The van der Waals surface area contributed by atoms with Crippen LogP contribution in [0.25, 0.3) is 5.70 Å². The maximum absolute atomic E-state index is 12.2. The molecule has 1 saturated heterocycles. The summed E-state index contributed by atoms with van der Waals surface area (Å²) >= 11 is 3.39. The van der Waals surface area contributed by atoms with Crippen LogP contribution in [0.4, 0.5) is 0 Å². The molecule has 0 aliphatic carbocycles. The smallest absolute Gasteiger partial charge is 0.249 e. The van der Waals surface area contributed by atoms with Gasteiger partial charge in [-0.2, -0.15) is 0 Å². The van der Waals surface area contributed by atoms with Crippen LogP contribution in [0.2, 0.25) is 0 Å². The number of unbranched alkanes of at least 4 members (excludes halogenated alkanes) is 1. The predicted molar refractivity (Wildman–Crippen MR) is 95.8 cm³/mol. The molecule has 1 N–H and O–H groups in total. The summed E-state index contributed by atoms with van der Waals surface area (Å²) in [6.07, 6.45) is 2.62. The minimum atomic E-state index is -0.539. The predicted octanol–water partition coefficient (Wildman–Crippen LogP) is 2.03. The van der Waals surface area contributed by atoms with Crippen molar-refractivity contribution in [2.45, 2.75) is 38.3 Å². The number of nitrogens with zero attached hydrogens (tertiary/aromatic N) is 1. The molecule has 1 unspecified atom stereocenters. The minimum absolute atomic E-state index is 0.269. The van der Waals surface area contributed by atoms with Gasteiger partial charge in [0.2, 0.25) is 11.8 Å². The topological polar surface area (TPSA) is 75.7 Å². The number of carbonyl (C=O) groups excluding carboxylic acids is 3. The fourth-order valence-electron chi connectivity index (χ4n) is 3.23. The molecule has 2 amide bonds. The van der Waals surface area contributed by atoms with Gasteiger partial charge < -0.3 is 9.64 Å². The van der Waals surface area contributed by atoms with Gasteiger partial charge in [0.25, 0.3) is 0 Å². The third-order valence-electron chi connectivity index (χ3n) is 4.47. The third-order valence-corrected chi connectivity index (χ3v) is 5.03. The quantitative estimate of drug-likeness (QED) is 0.338. The lowest BCUT2D eigenvalue weighted by atomic mass is 10.0. The van der Waals surface area contributed by atoms with E-state index in [-0.39, 0.29) is 18.2 Å². The molecule has 1 aromatic rings. The van der Waals surface area contributed by atoms with Gasteiger partial charge in [-0.05, 0) is 25.3 Å². The number of ether oxygens (including phenoxy) is 1. The van der Waals surface area contributed by atoms with Crippen LogP contribution in [-0.2, 0) is 20.9 Å². The van der Waals surface area contributed by atoms with E-state index in [1.54, 1.807) is 4.90 Å². The fourth-order valence-corrected chi connectivity index (χ4v) is 3.62. The Balaban J connectivity index is 1.82. The van der Waals surface area contributed by atoms with Crippen molar-refractivity contribution in [3.05, 3.63) is 29.3 Å². The lowest BCUT2D eigenvalue weighted by Gasteiger charge is -2.30. The van der Waals surface area contributed by atoms with E-state index in [0.717, 1.165) is 35.0 Å². The third kappa shape index (κ3) is 3.62. The van der Waals surface area contributed by atoms with Crippen LogP contribution in [-0.4, -0.2) is 40.6 Å². The highest BCUT2D eigenvalue weighted by molar-refractivity contribution is 9.09. The van der Waals surface area contributed by atoms with Crippen molar-refractivity contribution in [1.29, 1.82) is 0 Å².